The normalized spacial score (nSPS) is 10.5. The minimum absolute atomic E-state index is 0.295. The van der Waals surface area contributed by atoms with Crippen molar-refractivity contribution >= 4 is 39.1 Å². The first-order chi connectivity index (χ1) is 6.68. The molecule has 0 spiro atoms. The van der Waals surface area contributed by atoms with Crippen LogP contribution in [-0.4, -0.2) is 10.2 Å². The molecule has 3 nitrogen and oxygen atoms in total. The van der Waals surface area contributed by atoms with Crippen LogP contribution >= 0.6 is 39.1 Å². The molecular formula is C8H3BrCl2N2O. The van der Waals surface area contributed by atoms with Crippen molar-refractivity contribution in [2.24, 2.45) is 0 Å². The van der Waals surface area contributed by atoms with Crippen molar-refractivity contribution in [1.82, 2.24) is 10.2 Å². The number of benzene rings is 1. The van der Waals surface area contributed by atoms with Crippen LogP contribution in [0.4, 0.5) is 0 Å². The molecule has 0 amide bonds. The van der Waals surface area contributed by atoms with Gasteiger partial charge in [-0.25, -0.2) is 0 Å². The Labute approximate surface area is 98.2 Å². The molecule has 0 N–H and O–H groups in total. The second-order valence-electron chi connectivity index (χ2n) is 2.46. The van der Waals surface area contributed by atoms with E-state index in [1.54, 1.807) is 18.2 Å². The number of halogens is 3. The summed E-state index contributed by atoms with van der Waals surface area (Å²) < 4.78 is 5.16. The highest BCUT2D eigenvalue weighted by Crippen LogP contribution is 2.33. The van der Waals surface area contributed by atoms with E-state index in [-0.39, 0.29) is 0 Å². The fraction of sp³-hybridized carbons (Fsp3) is 0. The molecule has 1 aromatic heterocycles. The van der Waals surface area contributed by atoms with Crippen molar-refractivity contribution in [3.05, 3.63) is 33.0 Å². The topological polar surface area (TPSA) is 38.9 Å². The Hall–Kier alpha value is -0.580. The molecule has 0 saturated heterocycles. The molecule has 0 bridgehead atoms. The number of nitrogens with zero attached hydrogens (tertiary/aromatic N) is 2. The molecule has 2 rings (SSSR count). The fourth-order valence-corrected chi connectivity index (χ4v) is 1.80. The molecule has 2 aromatic rings. The summed E-state index contributed by atoms with van der Waals surface area (Å²) in [6.45, 7) is 0. The van der Waals surface area contributed by atoms with Crippen molar-refractivity contribution < 1.29 is 4.42 Å². The van der Waals surface area contributed by atoms with Crippen LogP contribution < -0.4 is 0 Å². The summed E-state index contributed by atoms with van der Waals surface area (Å²) in [5.74, 6) is 0.299. The summed E-state index contributed by atoms with van der Waals surface area (Å²) in [5.41, 5.74) is 0.550. The lowest BCUT2D eigenvalue weighted by Crippen LogP contribution is -1.81. The van der Waals surface area contributed by atoms with Gasteiger partial charge in [-0.05, 0) is 12.1 Å². The molecule has 72 valence electrons. The lowest BCUT2D eigenvalue weighted by atomic mass is 10.2. The highest BCUT2D eigenvalue weighted by atomic mass is 79.9. The highest BCUT2D eigenvalue weighted by Gasteiger charge is 2.14. The lowest BCUT2D eigenvalue weighted by molar-refractivity contribution is 0.540. The molecule has 0 saturated carbocycles. The van der Waals surface area contributed by atoms with E-state index in [0.717, 1.165) is 0 Å². The van der Waals surface area contributed by atoms with E-state index in [0.29, 0.717) is 26.3 Å². The molecule has 0 atom stereocenters. The molecular weight excluding hydrogens is 291 g/mol. The van der Waals surface area contributed by atoms with Gasteiger partial charge in [0.05, 0.1) is 15.6 Å². The zero-order chi connectivity index (χ0) is 10.1. The maximum absolute atomic E-state index is 5.95. The molecule has 14 heavy (non-hydrogen) atoms. The average Bonchev–Trinajstić information content (AvgIpc) is 2.51. The Morgan fingerprint density at radius 3 is 2.29 bits per heavy atom. The predicted molar refractivity (Wildman–Crippen MR) is 57.5 cm³/mol. The van der Waals surface area contributed by atoms with Gasteiger partial charge in [-0.2, -0.15) is 0 Å². The Kier molecular flexibility index (Phi) is 2.76. The Morgan fingerprint density at radius 2 is 1.79 bits per heavy atom. The molecule has 0 aliphatic rings. The van der Waals surface area contributed by atoms with Crippen molar-refractivity contribution in [2.45, 2.75) is 0 Å². The molecule has 0 aliphatic heterocycles. The zero-order valence-electron chi connectivity index (χ0n) is 6.67. The first kappa shape index (κ1) is 9.96. The minimum Gasteiger partial charge on any atom is -0.411 e. The summed E-state index contributed by atoms with van der Waals surface area (Å²) in [6, 6.07) is 5.17. The number of rotatable bonds is 1. The van der Waals surface area contributed by atoms with Gasteiger partial charge in [-0.3, -0.25) is 0 Å². The quantitative estimate of drug-likeness (QED) is 0.802. The van der Waals surface area contributed by atoms with Crippen LogP contribution in [0.3, 0.4) is 0 Å². The van der Waals surface area contributed by atoms with Crippen LogP contribution in [0.1, 0.15) is 0 Å². The maximum Gasteiger partial charge on any atom is 0.285 e. The van der Waals surface area contributed by atoms with Crippen LogP contribution in [0.15, 0.2) is 27.4 Å². The van der Waals surface area contributed by atoms with E-state index in [9.17, 15) is 0 Å². The van der Waals surface area contributed by atoms with Gasteiger partial charge in [-0.15, -0.1) is 10.2 Å². The van der Waals surface area contributed by atoms with E-state index in [1.165, 1.54) is 0 Å². The maximum atomic E-state index is 5.95. The van der Waals surface area contributed by atoms with Gasteiger partial charge < -0.3 is 4.42 Å². The van der Waals surface area contributed by atoms with Gasteiger partial charge >= 0.3 is 0 Å². The van der Waals surface area contributed by atoms with E-state index in [4.69, 9.17) is 27.6 Å². The summed E-state index contributed by atoms with van der Waals surface area (Å²) in [5, 5.41) is 8.39. The average molecular weight is 294 g/mol. The van der Waals surface area contributed by atoms with Gasteiger partial charge in [0.2, 0.25) is 0 Å². The standard InChI is InChI=1S/C8H3BrCl2N2O/c9-8-13-12-7(14-8)6-4(10)2-1-3-5(6)11/h1-3H. The zero-order valence-corrected chi connectivity index (χ0v) is 9.77. The molecule has 1 aromatic carbocycles. The number of hydrogen-bond donors (Lipinski definition) is 0. The molecule has 0 fully saturated rings. The molecule has 0 radical (unpaired) electrons. The highest BCUT2D eigenvalue weighted by molar-refractivity contribution is 9.10. The third-order valence-corrected chi connectivity index (χ3v) is 2.53. The van der Waals surface area contributed by atoms with Gasteiger partial charge in [0.25, 0.3) is 10.7 Å². The third kappa shape index (κ3) is 1.78. The van der Waals surface area contributed by atoms with Crippen LogP contribution in [0.2, 0.25) is 10.0 Å². The Morgan fingerprint density at radius 1 is 1.14 bits per heavy atom. The second-order valence-corrected chi connectivity index (χ2v) is 3.95. The van der Waals surface area contributed by atoms with Crippen LogP contribution in [0.25, 0.3) is 11.5 Å². The first-order valence-electron chi connectivity index (χ1n) is 3.62. The first-order valence-corrected chi connectivity index (χ1v) is 5.17. The van der Waals surface area contributed by atoms with Gasteiger partial charge in [0, 0.05) is 15.9 Å². The van der Waals surface area contributed by atoms with Crippen molar-refractivity contribution in [2.75, 3.05) is 0 Å². The predicted octanol–water partition coefficient (Wildman–Crippen LogP) is 3.81. The largest absolute Gasteiger partial charge is 0.411 e. The monoisotopic (exact) mass is 292 g/mol. The number of aromatic nitrogens is 2. The van der Waals surface area contributed by atoms with Crippen LogP contribution in [0.5, 0.6) is 0 Å². The van der Waals surface area contributed by atoms with Crippen molar-refractivity contribution in [3.8, 4) is 11.5 Å². The molecule has 0 aliphatic carbocycles. The van der Waals surface area contributed by atoms with Gasteiger partial charge in [0.15, 0.2) is 0 Å². The second kappa shape index (κ2) is 3.88. The third-order valence-electron chi connectivity index (χ3n) is 1.58. The van der Waals surface area contributed by atoms with Gasteiger partial charge in [-0.1, -0.05) is 29.3 Å². The molecule has 1 heterocycles. The van der Waals surface area contributed by atoms with Crippen LogP contribution in [0, 0.1) is 0 Å². The lowest BCUT2D eigenvalue weighted by Gasteiger charge is -2.00. The Balaban J connectivity index is 2.61. The van der Waals surface area contributed by atoms with E-state index >= 15 is 0 Å². The van der Waals surface area contributed by atoms with Crippen LogP contribution in [-0.2, 0) is 0 Å². The summed E-state index contributed by atoms with van der Waals surface area (Å²) in [4.78, 5) is 0.295. The van der Waals surface area contributed by atoms with E-state index in [1.807, 2.05) is 0 Å². The summed E-state index contributed by atoms with van der Waals surface area (Å²) >= 11 is 14.9. The fourth-order valence-electron chi connectivity index (χ4n) is 1.01. The van der Waals surface area contributed by atoms with E-state index < -0.39 is 0 Å². The molecule has 6 heteroatoms. The summed E-state index contributed by atoms with van der Waals surface area (Å²) in [6.07, 6.45) is 0. The minimum atomic E-state index is 0.295. The van der Waals surface area contributed by atoms with Gasteiger partial charge in [0.1, 0.15) is 0 Å². The Bertz CT molecular complexity index is 452. The SMILES string of the molecule is Clc1cccc(Cl)c1-c1nnc(Br)o1. The van der Waals surface area contributed by atoms with Crippen molar-refractivity contribution in [1.29, 1.82) is 0 Å². The van der Waals surface area contributed by atoms with E-state index in [2.05, 4.69) is 26.1 Å². The van der Waals surface area contributed by atoms with Crippen molar-refractivity contribution in [3.63, 3.8) is 0 Å². The molecule has 0 unspecified atom stereocenters. The summed E-state index contributed by atoms with van der Waals surface area (Å²) in [7, 11) is 0. The number of hydrogen-bond acceptors (Lipinski definition) is 3. The smallest absolute Gasteiger partial charge is 0.285 e.